The number of anilines is 3. The van der Waals surface area contributed by atoms with E-state index in [1.165, 1.54) is 5.56 Å². The maximum Gasteiger partial charge on any atom is 0.251 e. The molecule has 0 spiro atoms. The van der Waals surface area contributed by atoms with Crippen LogP contribution in [0.3, 0.4) is 0 Å². The fourth-order valence-corrected chi connectivity index (χ4v) is 4.83. The molecule has 6 rings (SSSR count). The topological polar surface area (TPSA) is 115 Å². The zero-order chi connectivity index (χ0) is 25.6. The number of nitrogens with two attached hydrogens (primary N) is 1. The van der Waals surface area contributed by atoms with Gasteiger partial charge in [-0.15, -0.1) is 0 Å². The molecule has 3 aromatic rings. The molecule has 6 bridgehead atoms. The van der Waals surface area contributed by atoms with Crippen LogP contribution in [0.15, 0.2) is 48.7 Å². The van der Waals surface area contributed by atoms with Crippen molar-refractivity contribution in [3.8, 4) is 11.3 Å². The van der Waals surface area contributed by atoms with Gasteiger partial charge in [0.05, 0.1) is 25.5 Å². The van der Waals surface area contributed by atoms with E-state index in [0.29, 0.717) is 42.7 Å². The lowest BCUT2D eigenvalue weighted by molar-refractivity contribution is 0.0192. The molecule has 37 heavy (non-hydrogen) atoms. The number of amides is 1. The summed E-state index contributed by atoms with van der Waals surface area (Å²) in [7, 11) is 0. The second-order valence-electron chi connectivity index (χ2n) is 9.45. The minimum absolute atomic E-state index is 0.139. The van der Waals surface area contributed by atoms with Gasteiger partial charge in [-0.25, -0.2) is 9.97 Å². The standard InChI is InChI=1S/C28H34N6O3/c1-19(34-11-14-36-15-12-34)23-7-5-22-16-21(23)18-37-13-3-2-9-30-27(35)20-4-6-24(25(29)17-20)26-8-10-31-28(32-22)33-26/h4-8,10,16-17,19H,2-3,9,11-15,18,29H2,1H3,(H,30,35)(H,31,32,33). The molecule has 1 unspecified atom stereocenters. The Morgan fingerprint density at radius 3 is 2.73 bits per heavy atom. The van der Waals surface area contributed by atoms with Crippen LogP contribution < -0.4 is 16.4 Å². The van der Waals surface area contributed by atoms with Crippen LogP contribution in [0, 0.1) is 0 Å². The zero-order valence-corrected chi connectivity index (χ0v) is 21.2. The number of fused-ring (bicyclic) bond motifs is 9. The predicted octanol–water partition coefficient (Wildman–Crippen LogP) is 3.90. The van der Waals surface area contributed by atoms with Crippen LogP contribution in [0.1, 0.15) is 47.3 Å². The van der Waals surface area contributed by atoms with Gasteiger partial charge in [-0.3, -0.25) is 9.69 Å². The maximum absolute atomic E-state index is 12.6. The Balaban J connectivity index is 1.46. The highest BCUT2D eigenvalue weighted by atomic mass is 16.5. The Hall–Kier alpha value is -3.53. The third-order valence-electron chi connectivity index (χ3n) is 6.95. The van der Waals surface area contributed by atoms with Gasteiger partial charge in [0.2, 0.25) is 5.95 Å². The number of rotatable bonds is 2. The lowest BCUT2D eigenvalue weighted by Gasteiger charge is -2.33. The molecule has 194 valence electrons. The van der Waals surface area contributed by atoms with Crippen LogP contribution in [0.5, 0.6) is 0 Å². The number of nitrogens with zero attached hydrogens (tertiary/aromatic N) is 3. The molecule has 1 amide bonds. The van der Waals surface area contributed by atoms with Gasteiger partial charge in [0, 0.05) is 61.0 Å². The number of nitrogen functional groups attached to an aromatic ring is 1. The molecule has 1 atom stereocenters. The van der Waals surface area contributed by atoms with Gasteiger partial charge >= 0.3 is 0 Å². The molecule has 1 aromatic heterocycles. The molecule has 9 heteroatoms. The molecule has 1 fully saturated rings. The summed E-state index contributed by atoms with van der Waals surface area (Å²) in [5, 5.41) is 6.31. The number of aromatic nitrogens is 2. The number of hydrogen-bond donors (Lipinski definition) is 3. The predicted molar refractivity (Wildman–Crippen MR) is 144 cm³/mol. The normalized spacial score (nSPS) is 18.1. The van der Waals surface area contributed by atoms with Crippen LogP contribution in [-0.2, 0) is 16.1 Å². The van der Waals surface area contributed by atoms with Crippen molar-refractivity contribution in [2.24, 2.45) is 0 Å². The lowest BCUT2D eigenvalue weighted by atomic mass is 9.99. The van der Waals surface area contributed by atoms with E-state index in [1.54, 1.807) is 18.3 Å². The first-order chi connectivity index (χ1) is 18.1. The molecule has 3 aliphatic heterocycles. The fraction of sp³-hybridized carbons (Fsp3) is 0.393. The van der Waals surface area contributed by atoms with E-state index in [1.807, 2.05) is 12.1 Å². The summed E-state index contributed by atoms with van der Waals surface area (Å²) in [6.07, 6.45) is 3.39. The average Bonchev–Trinajstić information content (AvgIpc) is 2.92. The van der Waals surface area contributed by atoms with Crippen molar-refractivity contribution < 1.29 is 14.3 Å². The van der Waals surface area contributed by atoms with Crippen molar-refractivity contribution in [2.45, 2.75) is 32.4 Å². The lowest BCUT2D eigenvalue weighted by Crippen LogP contribution is -2.38. The first-order valence-electron chi connectivity index (χ1n) is 12.9. The Kier molecular flexibility index (Phi) is 7.93. The van der Waals surface area contributed by atoms with Crippen LogP contribution in [0.25, 0.3) is 11.3 Å². The van der Waals surface area contributed by atoms with E-state index < -0.39 is 0 Å². The zero-order valence-electron chi connectivity index (χ0n) is 21.2. The summed E-state index contributed by atoms with van der Waals surface area (Å²) in [5.74, 6) is 0.331. The SMILES string of the molecule is CC(c1ccc2cc1COCCCCNC(=O)c1ccc(c(N)c1)-c1ccnc(n1)N2)N1CCOCC1. The van der Waals surface area contributed by atoms with Gasteiger partial charge in [0.1, 0.15) is 0 Å². The molecule has 0 radical (unpaired) electrons. The summed E-state index contributed by atoms with van der Waals surface area (Å²) in [4.78, 5) is 24.1. The second kappa shape index (κ2) is 11.7. The molecule has 4 N–H and O–H groups in total. The Morgan fingerprint density at radius 2 is 1.89 bits per heavy atom. The van der Waals surface area contributed by atoms with Crippen molar-refractivity contribution in [1.29, 1.82) is 0 Å². The summed E-state index contributed by atoms with van der Waals surface area (Å²) in [6.45, 7) is 7.29. The average molecular weight is 503 g/mol. The molecule has 3 aliphatic rings. The van der Waals surface area contributed by atoms with Crippen molar-refractivity contribution in [3.63, 3.8) is 0 Å². The molecule has 0 aliphatic carbocycles. The number of hydrogen-bond acceptors (Lipinski definition) is 8. The highest BCUT2D eigenvalue weighted by molar-refractivity contribution is 5.96. The van der Waals surface area contributed by atoms with E-state index in [4.69, 9.17) is 15.2 Å². The third-order valence-corrected chi connectivity index (χ3v) is 6.95. The molecule has 9 nitrogen and oxygen atoms in total. The largest absolute Gasteiger partial charge is 0.398 e. The summed E-state index contributed by atoms with van der Waals surface area (Å²) in [5.41, 5.74) is 12.0. The Labute approximate surface area is 217 Å². The fourth-order valence-electron chi connectivity index (χ4n) is 4.83. The van der Waals surface area contributed by atoms with E-state index in [9.17, 15) is 4.79 Å². The maximum atomic E-state index is 12.6. The summed E-state index contributed by atoms with van der Waals surface area (Å²) in [6, 6.07) is 13.7. The quantitative estimate of drug-likeness (QED) is 0.452. The van der Waals surface area contributed by atoms with Gasteiger partial charge in [-0.05, 0) is 67.3 Å². The van der Waals surface area contributed by atoms with E-state index in [-0.39, 0.29) is 11.9 Å². The monoisotopic (exact) mass is 502 g/mol. The summed E-state index contributed by atoms with van der Waals surface area (Å²) >= 11 is 0. The summed E-state index contributed by atoms with van der Waals surface area (Å²) < 4.78 is 11.6. The van der Waals surface area contributed by atoms with Gasteiger partial charge in [-0.2, -0.15) is 0 Å². The first kappa shape index (κ1) is 25.1. The first-order valence-corrected chi connectivity index (χ1v) is 12.9. The smallest absolute Gasteiger partial charge is 0.251 e. The number of morpholine rings is 1. The molecule has 2 aromatic carbocycles. The van der Waals surface area contributed by atoms with Crippen molar-refractivity contribution in [2.75, 3.05) is 50.5 Å². The Bertz CT molecular complexity index is 1240. The van der Waals surface area contributed by atoms with Crippen molar-refractivity contribution in [3.05, 3.63) is 65.4 Å². The highest BCUT2D eigenvalue weighted by Gasteiger charge is 2.21. The minimum Gasteiger partial charge on any atom is -0.398 e. The molecule has 1 saturated heterocycles. The van der Waals surface area contributed by atoms with Crippen LogP contribution in [0.2, 0.25) is 0 Å². The number of nitrogens with one attached hydrogen (secondary N) is 2. The third kappa shape index (κ3) is 6.07. The number of benzene rings is 2. The molecule has 0 saturated carbocycles. The van der Waals surface area contributed by atoms with Gasteiger partial charge in [0.15, 0.2) is 0 Å². The second-order valence-corrected chi connectivity index (χ2v) is 9.45. The Morgan fingerprint density at radius 1 is 1.03 bits per heavy atom. The van der Waals surface area contributed by atoms with Gasteiger partial charge in [0.25, 0.3) is 5.91 Å². The van der Waals surface area contributed by atoms with Gasteiger partial charge < -0.3 is 25.8 Å². The number of carbonyl (C=O) groups is 1. The van der Waals surface area contributed by atoms with Crippen molar-refractivity contribution in [1.82, 2.24) is 20.2 Å². The highest BCUT2D eigenvalue weighted by Crippen LogP contribution is 2.30. The number of ether oxygens (including phenoxy) is 2. The molecular weight excluding hydrogens is 468 g/mol. The van der Waals surface area contributed by atoms with E-state index >= 15 is 0 Å². The van der Waals surface area contributed by atoms with Crippen LogP contribution in [-0.4, -0.2) is 60.2 Å². The van der Waals surface area contributed by atoms with E-state index in [2.05, 4.69) is 50.6 Å². The van der Waals surface area contributed by atoms with Crippen molar-refractivity contribution >= 4 is 23.2 Å². The number of carbonyl (C=O) groups excluding carboxylic acids is 1. The minimum atomic E-state index is -0.139. The molecular formula is C28H34N6O3. The van der Waals surface area contributed by atoms with Crippen LogP contribution >= 0.6 is 0 Å². The van der Waals surface area contributed by atoms with E-state index in [0.717, 1.165) is 56.0 Å². The molecule has 4 heterocycles. The van der Waals surface area contributed by atoms with Gasteiger partial charge in [-0.1, -0.05) is 6.07 Å². The van der Waals surface area contributed by atoms with Crippen LogP contribution in [0.4, 0.5) is 17.3 Å².